The summed E-state index contributed by atoms with van der Waals surface area (Å²) in [6.07, 6.45) is 5.41. The van der Waals surface area contributed by atoms with E-state index in [0.717, 1.165) is 32.5 Å². The molecule has 2 heterocycles. The minimum absolute atomic E-state index is 0.148. The van der Waals surface area contributed by atoms with Gasteiger partial charge in [-0.2, -0.15) is 0 Å². The fraction of sp³-hybridized carbons (Fsp3) is 0.588. The number of hydrogen-bond acceptors (Lipinski definition) is 3. The first-order chi connectivity index (χ1) is 10.3. The average Bonchev–Trinajstić information content (AvgIpc) is 2.92. The number of carbonyl (C=O) groups is 1. The third-order valence-corrected chi connectivity index (χ3v) is 4.43. The number of hydrogen-bond donors (Lipinski definition) is 2. The normalized spacial score (nSPS) is 24.2. The van der Waals surface area contributed by atoms with Gasteiger partial charge in [0.2, 0.25) is 5.91 Å². The minimum Gasteiger partial charge on any atom is -0.384 e. The van der Waals surface area contributed by atoms with Crippen LogP contribution in [0.4, 0.5) is 5.69 Å². The number of rotatable bonds is 5. The first-order valence-electron chi connectivity index (χ1n) is 8.04. The maximum absolute atomic E-state index is 12.1. The zero-order chi connectivity index (χ0) is 14.5. The van der Waals surface area contributed by atoms with Gasteiger partial charge in [-0.25, -0.2) is 0 Å². The topological polar surface area (TPSA) is 50.4 Å². The van der Waals surface area contributed by atoms with E-state index in [1.165, 1.54) is 24.1 Å². The van der Waals surface area contributed by atoms with Crippen LogP contribution < -0.4 is 10.6 Å². The molecule has 2 unspecified atom stereocenters. The van der Waals surface area contributed by atoms with Crippen molar-refractivity contribution in [3.8, 4) is 0 Å². The second-order valence-corrected chi connectivity index (χ2v) is 6.00. The smallest absolute Gasteiger partial charge is 0.220 e. The Bertz CT molecular complexity index is 483. The number of fused-ring (bicyclic) bond motifs is 1. The molecule has 0 bridgehead atoms. The number of carbonyl (C=O) groups excluding carboxylic acids is 1. The Kier molecular flexibility index (Phi) is 4.76. The molecule has 1 aromatic carbocycles. The molecule has 1 saturated heterocycles. The van der Waals surface area contributed by atoms with Crippen molar-refractivity contribution in [2.75, 3.05) is 25.0 Å². The molecule has 1 aromatic rings. The standard InChI is InChI=1S/C17H24N2O2/c20-17(18-9-8-14-5-3-4-10-21-14)11-13-12-19-16-7-2-1-6-15(13)16/h1-2,6-7,13-14,19H,3-5,8-12H2,(H,18,20). The summed E-state index contributed by atoms with van der Waals surface area (Å²) in [5, 5.41) is 6.40. The van der Waals surface area contributed by atoms with Gasteiger partial charge >= 0.3 is 0 Å². The van der Waals surface area contributed by atoms with Crippen molar-refractivity contribution in [2.45, 2.75) is 44.1 Å². The van der Waals surface area contributed by atoms with Gasteiger partial charge < -0.3 is 15.4 Å². The van der Waals surface area contributed by atoms with E-state index in [0.29, 0.717) is 18.4 Å². The van der Waals surface area contributed by atoms with E-state index < -0.39 is 0 Å². The lowest BCUT2D eigenvalue weighted by Gasteiger charge is -2.22. The summed E-state index contributed by atoms with van der Waals surface area (Å²) in [5.74, 6) is 0.446. The molecule has 0 spiro atoms. The summed E-state index contributed by atoms with van der Waals surface area (Å²) < 4.78 is 5.68. The van der Waals surface area contributed by atoms with E-state index in [4.69, 9.17) is 4.74 Å². The van der Waals surface area contributed by atoms with Crippen molar-refractivity contribution >= 4 is 11.6 Å². The first-order valence-corrected chi connectivity index (χ1v) is 8.04. The van der Waals surface area contributed by atoms with Gasteiger partial charge in [-0.1, -0.05) is 18.2 Å². The number of amides is 1. The van der Waals surface area contributed by atoms with Gasteiger partial charge in [0.15, 0.2) is 0 Å². The number of anilines is 1. The Morgan fingerprint density at radius 2 is 2.24 bits per heavy atom. The van der Waals surface area contributed by atoms with Crippen LogP contribution in [0.25, 0.3) is 0 Å². The first kappa shape index (κ1) is 14.4. The Morgan fingerprint density at radius 1 is 1.33 bits per heavy atom. The number of para-hydroxylation sites is 1. The summed E-state index contributed by atoms with van der Waals surface area (Å²) in [4.78, 5) is 12.1. The fourth-order valence-electron chi connectivity index (χ4n) is 3.24. The van der Waals surface area contributed by atoms with E-state index in [1.807, 2.05) is 12.1 Å². The van der Waals surface area contributed by atoms with E-state index in [-0.39, 0.29) is 5.91 Å². The monoisotopic (exact) mass is 288 g/mol. The number of nitrogens with one attached hydrogen (secondary N) is 2. The molecule has 4 heteroatoms. The summed E-state index contributed by atoms with van der Waals surface area (Å²) in [6, 6.07) is 8.26. The summed E-state index contributed by atoms with van der Waals surface area (Å²) in [6.45, 7) is 2.47. The lowest BCUT2D eigenvalue weighted by molar-refractivity contribution is -0.121. The zero-order valence-corrected chi connectivity index (χ0v) is 12.4. The fourth-order valence-corrected chi connectivity index (χ4v) is 3.24. The van der Waals surface area contributed by atoms with E-state index >= 15 is 0 Å². The van der Waals surface area contributed by atoms with Gasteiger partial charge in [0.05, 0.1) is 6.10 Å². The second-order valence-electron chi connectivity index (χ2n) is 6.00. The van der Waals surface area contributed by atoms with Crippen LogP contribution in [0, 0.1) is 0 Å². The molecule has 2 atom stereocenters. The molecule has 2 N–H and O–H groups in total. The summed E-state index contributed by atoms with van der Waals surface area (Å²) >= 11 is 0. The van der Waals surface area contributed by atoms with Crippen molar-refractivity contribution < 1.29 is 9.53 Å². The molecule has 0 radical (unpaired) electrons. The Morgan fingerprint density at radius 3 is 3.10 bits per heavy atom. The quantitative estimate of drug-likeness (QED) is 0.876. The highest BCUT2D eigenvalue weighted by molar-refractivity contribution is 5.78. The van der Waals surface area contributed by atoms with Crippen molar-refractivity contribution in [2.24, 2.45) is 0 Å². The Balaban J connectivity index is 1.40. The van der Waals surface area contributed by atoms with Crippen molar-refractivity contribution in [1.29, 1.82) is 0 Å². The number of ether oxygens (including phenoxy) is 1. The Hall–Kier alpha value is -1.55. The van der Waals surface area contributed by atoms with E-state index in [1.54, 1.807) is 0 Å². The Labute approximate surface area is 126 Å². The molecular weight excluding hydrogens is 264 g/mol. The lowest BCUT2D eigenvalue weighted by atomic mass is 9.97. The highest BCUT2D eigenvalue weighted by Gasteiger charge is 2.24. The molecule has 21 heavy (non-hydrogen) atoms. The third kappa shape index (κ3) is 3.76. The van der Waals surface area contributed by atoms with Crippen LogP contribution in [0.1, 0.15) is 43.6 Å². The lowest BCUT2D eigenvalue weighted by Crippen LogP contribution is -2.30. The van der Waals surface area contributed by atoms with Gasteiger partial charge in [-0.05, 0) is 37.3 Å². The molecule has 0 aromatic heterocycles. The van der Waals surface area contributed by atoms with Gasteiger partial charge in [-0.3, -0.25) is 4.79 Å². The predicted molar refractivity (Wildman–Crippen MR) is 83.5 cm³/mol. The second kappa shape index (κ2) is 6.94. The maximum atomic E-state index is 12.1. The summed E-state index contributed by atoms with van der Waals surface area (Å²) in [5.41, 5.74) is 2.44. The van der Waals surface area contributed by atoms with Crippen LogP contribution in [0.2, 0.25) is 0 Å². The highest BCUT2D eigenvalue weighted by Crippen LogP contribution is 2.32. The molecule has 3 rings (SSSR count). The molecule has 2 aliphatic rings. The summed E-state index contributed by atoms with van der Waals surface area (Å²) in [7, 11) is 0. The van der Waals surface area contributed by atoms with Crippen LogP contribution >= 0.6 is 0 Å². The van der Waals surface area contributed by atoms with Crippen molar-refractivity contribution in [3.63, 3.8) is 0 Å². The van der Waals surface area contributed by atoms with Crippen LogP contribution in [0.3, 0.4) is 0 Å². The molecule has 4 nitrogen and oxygen atoms in total. The van der Waals surface area contributed by atoms with Crippen LogP contribution in [-0.2, 0) is 9.53 Å². The molecule has 0 saturated carbocycles. The van der Waals surface area contributed by atoms with Crippen LogP contribution in [0.5, 0.6) is 0 Å². The van der Waals surface area contributed by atoms with E-state index in [9.17, 15) is 4.79 Å². The van der Waals surface area contributed by atoms with Crippen LogP contribution in [-0.4, -0.2) is 31.7 Å². The zero-order valence-electron chi connectivity index (χ0n) is 12.4. The number of benzene rings is 1. The molecule has 114 valence electrons. The van der Waals surface area contributed by atoms with Gasteiger partial charge in [0.1, 0.15) is 0 Å². The van der Waals surface area contributed by atoms with Gasteiger partial charge in [0.25, 0.3) is 0 Å². The van der Waals surface area contributed by atoms with Gasteiger partial charge in [-0.15, -0.1) is 0 Å². The van der Waals surface area contributed by atoms with Crippen LogP contribution in [0.15, 0.2) is 24.3 Å². The third-order valence-electron chi connectivity index (χ3n) is 4.43. The van der Waals surface area contributed by atoms with Gasteiger partial charge in [0, 0.05) is 37.7 Å². The molecule has 2 aliphatic heterocycles. The maximum Gasteiger partial charge on any atom is 0.220 e. The van der Waals surface area contributed by atoms with Crippen molar-refractivity contribution in [3.05, 3.63) is 29.8 Å². The predicted octanol–water partition coefficient (Wildman–Crippen LogP) is 2.66. The minimum atomic E-state index is 0.148. The molecule has 0 aliphatic carbocycles. The SMILES string of the molecule is O=C(CC1CNc2ccccc21)NCCC1CCCCO1. The molecule has 1 fully saturated rings. The van der Waals surface area contributed by atoms with Crippen molar-refractivity contribution in [1.82, 2.24) is 5.32 Å². The average molecular weight is 288 g/mol. The molecular formula is C17H24N2O2. The largest absolute Gasteiger partial charge is 0.384 e. The highest BCUT2D eigenvalue weighted by atomic mass is 16.5. The van der Waals surface area contributed by atoms with E-state index in [2.05, 4.69) is 22.8 Å². The molecule has 1 amide bonds.